The molecule has 0 bridgehead atoms. The molecule has 2 aromatic rings. The van der Waals surface area contributed by atoms with Crippen LogP contribution >= 0.6 is 22.7 Å². The third kappa shape index (κ3) is 2.47. The highest BCUT2D eigenvalue weighted by Gasteiger charge is 2.31. The Hall–Kier alpha value is -1.20. The van der Waals surface area contributed by atoms with E-state index >= 15 is 0 Å². The van der Waals surface area contributed by atoms with Crippen LogP contribution in [0.25, 0.3) is 0 Å². The summed E-state index contributed by atoms with van der Waals surface area (Å²) in [4.78, 5) is 20.2. The molecule has 0 spiro atoms. The van der Waals surface area contributed by atoms with E-state index in [1.54, 1.807) is 24.5 Å². The molecule has 5 heteroatoms. The molecular weight excluding hydrogens is 264 g/mol. The first-order valence-corrected chi connectivity index (χ1v) is 7.69. The number of rotatable bonds is 5. The quantitative estimate of drug-likeness (QED) is 0.784. The molecule has 3 rings (SSSR count). The average molecular weight is 278 g/mol. The summed E-state index contributed by atoms with van der Waals surface area (Å²) in [5.74, 6) is 0.102. The zero-order valence-electron chi connectivity index (χ0n) is 10.1. The summed E-state index contributed by atoms with van der Waals surface area (Å²) >= 11 is 3.28. The number of thiazole rings is 1. The number of Topliss-reactive ketones (excluding diaryl/α,β-unsaturated/α-hetero) is 1. The Morgan fingerprint density at radius 2 is 2.39 bits per heavy atom. The predicted octanol–water partition coefficient (Wildman–Crippen LogP) is 3.58. The van der Waals surface area contributed by atoms with Crippen LogP contribution in [0.5, 0.6) is 0 Å². The summed E-state index contributed by atoms with van der Waals surface area (Å²) in [5.41, 5.74) is 0. The van der Waals surface area contributed by atoms with Crippen LogP contribution in [0.1, 0.15) is 34.3 Å². The van der Waals surface area contributed by atoms with Crippen LogP contribution < -0.4 is 4.90 Å². The van der Waals surface area contributed by atoms with Gasteiger partial charge in [-0.15, -0.1) is 11.3 Å². The van der Waals surface area contributed by atoms with Crippen molar-refractivity contribution < 1.29 is 4.79 Å². The van der Waals surface area contributed by atoms with Gasteiger partial charge in [0.25, 0.3) is 0 Å². The Balaban J connectivity index is 1.82. The van der Waals surface area contributed by atoms with Crippen molar-refractivity contribution in [3.05, 3.63) is 33.5 Å². The maximum absolute atomic E-state index is 11.3. The van der Waals surface area contributed by atoms with E-state index in [0.717, 1.165) is 16.6 Å². The molecule has 94 valence electrons. The van der Waals surface area contributed by atoms with Crippen molar-refractivity contribution in [2.24, 2.45) is 0 Å². The number of anilines is 1. The topological polar surface area (TPSA) is 33.2 Å². The standard InChI is InChI=1S/C13H14N2OS2/c1-9(16)12-7-14-13(18-12)15(10-4-5-10)8-11-3-2-6-17-11/h2-3,6-7,10H,4-5,8H2,1H3. The number of ketones is 1. The van der Waals surface area contributed by atoms with Crippen LogP contribution in [0.2, 0.25) is 0 Å². The van der Waals surface area contributed by atoms with Gasteiger partial charge in [-0.25, -0.2) is 4.98 Å². The number of nitrogens with zero attached hydrogens (tertiary/aromatic N) is 2. The molecule has 2 aromatic heterocycles. The normalized spacial score (nSPS) is 14.7. The highest BCUT2D eigenvalue weighted by atomic mass is 32.1. The fourth-order valence-corrected chi connectivity index (χ4v) is 3.45. The van der Waals surface area contributed by atoms with E-state index in [0.29, 0.717) is 6.04 Å². The van der Waals surface area contributed by atoms with Crippen molar-refractivity contribution in [3.63, 3.8) is 0 Å². The van der Waals surface area contributed by atoms with Crippen LogP contribution in [0.15, 0.2) is 23.7 Å². The first kappa shape index (κ1) is 11.9. The number of hydrogen-bond acceptors (Lipinski definition) is 5. The fraction of sp³-hybridized carbons (Fsp3) is 0.385. The minimum absolute atomic E-state index is 0.102. The smallest absolute Gasteiger partial charge is 0.186 e. The maximum Gasteiger partial charge on any atom is 0.186 e. The number of carbonyl (C=O) groups is 1. The monoisotopic (exact) mass is 278 g/mol. The third-order valence-corrected chi connectivity index (χ3v) is 4.98. The van der Waals surface area contributed by atoms with Crippen molar-refractivity contribution in [1.82, 2.24) is 4.98 Å². The summed E-state index contributed by atoms with van der Waals surface area (Å²) in [6, 6.07) is 4.84. The number of thiophene rings is 1. The lowest BCUT2D eigenvalue weighted by atomic mass is 10.4. The molecule has 0 aromatic carbocycles. The summed E-state index contributed by atoms with van der Waals surface area (Å²) in [6.45, 7) is 2.51. The van der Waals surface area contributed by atoms with Crippen LogP contribution in [-0.2, 0) is 6.54 Å². The van der Waals surface area contributed by atoms with Crippen molar-refractivity contribution in [2.45, 2.75) is 32.4 Å². The molecule has 0 amide bonds. The van der Waals surface area contributed by atoms with Gasteiger partial charge >= 0.3 is 0 Å². The highest BCUT2D eigenvalue weighted by molar-refractivity contribution is 7.17. The van der Waals surface area contributed by atoms with E-state index < -0.39 is 0 Å². The Morgan fingerprint density at radius 1 is 1.56 bits per heavy atom. The van der Waals surface area contributed by atoms with Gasteiger partial charge in [0.2, 0.25) is 0 Å². The minimum atomic E-state index is 0.102. The SMILES string of the molecule is CC(=O)c1cnc(N(Cc2cccs2)C2CC2)s1. The zero-order valence-corrected chi connectivity index (χ0v) is 11.8. The summed E-state index contributed by atoms with van der Waals surface area (Å²) in [7, 11) is 0. The van der Waals surface area contributed by atoms with E-state index in [-0.39, 0.29) is 5.78 Å². The number of hydrogen-bond donors (Lipinski definition) is 0. The minimum Gasteiger partial charge on any atom is -0.340 e. The molecule has 1 saturated carbocycles. The van der Waals surface area contributed by atoms with E-state index in [1.165, 1.54) is 29.1 Å². The van der Waals surface area contributed by atoms with E-state index in [2.05, 4.69) is 27.4 Å². The molecule has 0 aliphatic heterocycles. The fourth-order valence-electron chi connectivity index (χ4n) is 1.87. The lowest BCUT2D eigenvalue weighted by Gasteiger charge is -2.20. The van der Waals surface area contributed by atoms with Crippen LogP contribution in [0.4, 0.5) is 5.13 Å². The zero-order chi connectivity index (χ0) is 12.5. The molecule has 3 nitrogen and oxygen atoms in total. The molecule has 0 N–H and O–H groups in total. The second kappa shape index (κ2) is 4.82. The predicted molar refractivity (Wildman–Crippen MR) is 75.6 cm³/mol. The van der Waals surface area contributed by atoms with Crippen LogP contribution in [0, 0.1) is 0 Å². The number of carbonyl (C=O) groups excluding carboxylic acids is 1. The molecule has 0 unspecified atom stereocenters. The summed E-state index contributed by atoms with van der Waals surface area (Å²) in [5, 5.41) is 3.08. The Bertz CT molecular complexity index is 543. The van der Waals surface area contributed by atoms with Gasteiger partial charge in [0.1, 0.15) is 0 Å². The van der Waals surface area contributed by atoms with Gasteiger partial charge in [-0.3, -0.25) is 4.79 Å². The van der Waals surface area contributed by atoms with Crippen molar-refractivity contribution >= 4 is 33.6 Å². The second-order valence-electron chi connectivity index (χ2n) is 4.50. The van der Waals surface area contributed by atoms with Crippen LogP contribution in [0.3, 0.4) is 0 Å². The Kier molecular flexibility index (Phi) is 3.18. The Labute approximate surface area is 114 Å². The van der Waals surface area contributed by atoms with Gasteiger partial charge in [-0.05, 0) is 24.3 Å². The van der Waals surface area contributed by atoms with Crippen molar-refractivity contribution in [1.29, 1.82) is 0 Å². The van der Waals surface area contributed by atoms with Gasteiger partial charge in [-0.1, -0.05) is 17.4 Å². The molecule has 0 atom stereocenters. The first-order chi connectivity index (χ1) is 8.74. The molecule has 0 saturated heterocycles. The van der Waals surface area contributed by atoms with Gasteiger partial charge in [0.15, 0.2) is 10.9 Å². The summed E-state index contributed by atoms with van der Waals surface area (Å²) in [6.07, 6.45) is 4.17. The van der Waals surface area contributed by atoms with E-state index in [1.807, 2.05) is 0 Å². The van der Waals surface area contributed by atoms with Gasteiger partial charge in [0.05, 0.1) is 17.6 Å². The molecule has 1 aliphatic rings. The molecule has 2 heterocycles. The summed E-state index contributed by atoms with van der Waals surface area (Å²) < 4.78 is 0. The molecule has 0 radical (unpaired) electrons. The third-order valence-electron chi connectivity index (χ3n) is 2.98. The molecule has 1 fully saturated rings. The van der Waals surface area contributed by atoms with Gasteiger partial charge in [0, 0.05) is 17.8 Å². The van der Waals surface area contributed by atoms with Crippen molar-refractivity contribution in [2.75, 3.05) is 4.90 Å². The van der Waals surface area contributed by atoms with Gasteiger partial charge in [-0.2, -0.15) is 0 Å². The number of aromatic nitrogens is 1. The average Bonchev–Trinajstić information content (AvgIpc) is 2.88. The first-order valence-electron chi connectivity index (χ1n) is 6.00. The molecule has 1 aliphatic carbocycles. The highest BCUT2D eigenvalue weighted by Crippen LogP contribution is 2.35. The largest absolute Gasteiger partial charge is 0.340 e. The van der Waals surface area contributed by atoms with E-state index in [4.69, 9.17) is 0 Å². The van der Waals surface area contributed by atoms with E-state index in [9.17, 15) is 4.79 Å². The van der Waals surface area contributed by atoms with Crippen molar-refractivity contribution in [3.8, 4) is 0 Å². The lowest BCUT2D eigenvalue weighted by Crippen LogP contribution is -2.24. The molecule has 18 heavy (non-hydrogen) atoms. The van der Waals surface area contributed by atoms with Crippen LogP contribution in [-0.4, -0.2) is 16.8 Å². The second-order valence-corrected chi connectivity index (χ2v) is 6.54. The van der Waals surface area contributed by atoms with Gasteiger partial charge < -0.3 is 4.90 Å². The molecular formula is C13H14N2OS2. The Morgan fingerprint density at radius 3 is 2.94 bits per heavy atom. The lowest BCUT2D eigenvalue weighted by molar-refractivity contribution is 0.102. The maximum atomic E-state index is 11.3.